The second-order valence-corrected chi connectivity index (χ2v) is 4.74. The first-order chi connectivity index (χ1) is 11.2. The molecule has 2 N–H and O–H groups in total. The number of rotatable bonds is 5. The first kappa shape index (κ1) is 16.2. The SMILES string of the molecule is C/N=C(\NC#N)NCCCn1nc(-c2ccccc2)ccc1=O. The molecule has 0 spiro atoms. The van der Waals surface area contributed by atoms with Gasteiger partial charge in [-0.3, -0.25) is 15.1 Å². The Bertz CT molecular complexity index is 760. The van der Waals surface area contributed by atoms with Crippen LogP contribution in [0, 0.1) is 11.5 Å². The number of hydrogen-bond donors (Lipinski definition) is 2. The van der Waals surface area contributed by atoms with Crippen molar-refractivity contribution in [1.82, 2.24) is 20.4 Å². The van der Waals surface area contributed by atoms with Gasteiger partial charge in [0.25, 0.3) is 5.56 Å². The van der Waals surface area contributed by atoms with Crippen LogP contribution in [0.5, 0.6) is 0 Å². The second-order valence-electron chi connectivity index (χ2n) is 4.74. The van der Waals surface area contributed by atoms with Crippen LogP contribution in [0.25, 0.3) is 11.3 Å². The third-order valence-corrected chi connectivity index (χ3v) is 3.17. The fourth-order valence-corrected chi connectivity index (χ4v) is 2.04. The molecule has 118 valence electrons. The lowest BCUT2D eigenvalue weighted by Gasteiger charge is -2.09. The molecule has 0 bridgehead atoms. The maximum Gasteiger partial charge on any atom is 0.266 e. The van der Waals surface area contributed by atoms with E-state index in [2.05, 4.69) is 20.7 Å². The van der Waals surface area contributed by atoms with Gasteiger partial charge in [-0.25, -0.2) is 4.68 Å². The molecule has 0 fully saturated rings. The van der Waals surface area contributed by atoms with Crippen LogP contribution in [0.1, 0.15) is 6.42 Å². The van der Waals surface area contributed by atoms with Crippen LogP contribution in [0.3, 0.4) is 0 Å². The molecule has 2 aromatic rings. The van der Waals surface area contributed by atoms with Crippen molar-refractivity contribution < 1.29 is 0 Å². The molecule has 0 atom stereocenters. The van der Waals surface area contributed by atoms with Gasteiger partial charge in [-0.2, -0.15) is 10.4 Å². The molecular formula is C16H18N6O. The van der Waals surface area contributed by atoms with Crippen molar-refractivity contribution in [2.45, 2.75) is 13.0 Å². The van der Waals surface area contributed by atoms with Gasteiger partial charge in [0.15, 0.2) is 6.19 Å². The Hall–Kier alpha value is -3.14. The van der Waals surface area contributed by atoms with Gasteiger partial charge < -0.3 is 5.32 Å². The quantitative estimate of drug-likeness (QED) is 0.282. The summed E-state index contributed by atoms with van der Waals surface area (Å²) in [6, 6.07) is 13.0. The number of nitrogens with one attached hydrogen (secondary N) is 2. The van der Waals surface area contributed by atoms with E-state index in [0.29, 0.717) is 25.5 Å². The molecular weight excluding hydrogens is 292 g/mol. The number of guanidine groups is 1. The Kier molecular flexibility index (Phi) is 5.89. The lowest BCUT2D eigenvalue weighted by molar-refractivity contribution is 0.546. The second kappa shape index (κ2) is 8.34. The normalized spacial score (nSPS) is 10.9. The zero-order valence-corrected chi connectivity index (χ0v) is 12.9. The average Bonchev–Trinajstić information content (AvgIpc) is 2.59. The number of aryl methyl sites for hydroxylation is 1. The van der Waals surface area contributed by atoms with Crippen LogP contribution in [-0.2, 0) is 6.54 Å². The molecule has 1 aromatic heterocycles. The molecule has 0 saturated carbocycles. The highest BCUT2D eigenvalue weighted by molar-refractivity contribution is 5.80. The Labute approximate surface area is 134 Å². The molecule has 1 heterocycles. The van der Waals surface area contributed by atoms with E-state index in [9.17, 15) is 4.79 Å². The smallest absolute Gasteiger partial charge is 0.266 e. The Morgan fingerprint density at radius 3 is 2.78 bits per heavy atom. The summed E-state index contributed by atoms with van der Waals surface area (Å²) in [5, 5.41) is 18.3. The third-order valence-electron chi connectivity index (χ3n) is 3.17. The van der Waals surface area contributed by atoms with Gasteiger partial charge in [-0.1, -0.05) is 30.3 Å². The zero-order chi connectivity index (χ0) is 16.5. The molecule has 0 saturated heterocycles. The number of aromatic nitrogens is 2. The molecule has 1 aromatic carbocycles. The molecule has 0 amide bonds. The van der Waals surface area contributed by atoms with Crippen LogP contribution in [-0.4, -0.2) is 29.3 Å². The van der Waals surface area contributed by atoms with Crippen molar-refractivity contribution in [3.05, 3.63) is 52.8 Å². The number of benzene rings is 1. The summed E-state index contributed by atoms with van der Waals surface area (Å²) >= 11 is 0. The summed E-state index contributed by atoms with van der Waals surface area (Å²) in [5.74, 6) is 0.408. The molecule has 0 aliphatic rings. The predicted molar refractivity (Wildman–Crippen MR) is 88.7 cm³/mol. The van der Waals surface area contributed by atoms with Gasteiger partial charge in [0.05, 0.1) is 5.69 Å². The van der Waals surface area contributed by atoms with Crippen molar-refractivity contribution >= 4 is 5.96 Å². The highest BCUT2D eigenvalue weighted by Gasteiger charge is 2.03. The molecule has 7 nitrogen and oxygen atoms in total. The highest BCUT2D eigenvalue weighted by Crippen LogP contribution is 2.13. The van der Waals surface area contributed by atoms with E-state index >= 15 is 0 Å². The van der Waals surface area contributed by atoms with Crippen LogP contribution in [0.4, 0.5) is 0 Å². The first-order valence-electron chi connectivity index (χ1n) is 7.24. The lowest BCUT2D eigenvalue weighted by atomic mass is 10.1. The van der Waals surface area contributed by atoms with Crippen molar-refractivity contribution in [3.8, 4) is 17.5 Å². The minimum atomic E-state index is -0.135. The lowest BCUT2D eigenvalue weighted by Crippen LogP contribution is -2.35. The third kappa shape index (κ3) is 4.68. The highest BCUT2D eigenvalue weighted by atomic mass is 16.1. The van der Waals surface area contributed by atoms with Crippen LogP contribution in [0.2, 0.25) is 0 Å². The van der Waals surface area contributed by atoms with E-state index in [1.165, 1.54) is 10.7 Å². The predicted octanol–water partition coefficient (Wildman–Crippen LogP) is 0.946. The molecule has 0 unspecified atom stereocenters. The van der Waals surface area contributed by atoms with Gasteiger partial charge in [0.1, 0.15) is 0 Å². The summed E-state index contributed by atoms with van der Waals surface area (Å²) in [7, 11) is 1.59. The fourth-order valence-electron chi connectivity index (χ4n) is 2.04. The fraction of sp³-hybridized carbons (Fsp3) is 0.250. The monoisotopic (exact) mass is 310 g/mol. The molecule has 23 heavy (non-hydrogen) atoms. The van der Waals surface area contributed by atoms with E-state index in [1.807, 2.05) is 30.3 Å². The topological polar surface area (TPSA) is 95.1 Å². The number of hydrogen-bond acceptors (Lipinski definition) is 4. The number of nitrogens with zero attached hydrogens (tertiary/aromatic N) is 4. The largest absolute Gasteiger partial charge is 0.356 e. The van der Waals surface area contributed by atoms with Crippen LogP contribution in [0.15, 0.2) is 52.3 Å². The Morgan fingerprint density at radius 1 is 1.30 bits per heavy atom. The molecule has 0 radical (unpaired) electrons. The van der Waals surface area contributed by atoms with Crippen LogP contribution >= 0.6 is 0 Å². The van der Waals surface area contributed by atoms with Gasteiger partial charge in [0, 0.05) is 31.8 Å². The van der Waals surface area contributed by atoms with E-state index in [4.69, 9.17) is 5.26 Å². The number of nitriles is 1. The van der Waals surface area contributed by atoms with E-state index in [0.717, 1.165) is 11.3 Å². The van der Waals surface area contributed by atoms with Crippen molar-refractivity contribution in [2.24, 2.45) is 4.99 Å². The van der Waals surface area contributed by atoms with Crippen molar-refractivity contribution in [1.29, 1.82) is 5.26 Å². The van der Waals surface area contributed by atoms with E-state index in [1.54, 1.807) is 19.3 Å². The molecule has 0 aliphatic heterocycles. The van der Waals surface area contributed by atoms with Crippen molar-refractivity contribution in [3.63, 3.8) is 0 Å². The van der Waals surface area contributed by atoms with Crippen LogP contribution < -0.4 is 16.2 Å². The standard InChI is InChI=1S/C16H18N6O/c1-18-16(20-12-17)19-10-5-11-22-15(23)9-8-14(21-22)13-6-3-2-4-7-13/h2-4,6-9H,5,10-11H2,1H3,(H2,18,19,20). The Morgan fingerprint density at radius 2 is 2.09 bits per heavy atom. The minimum absolute atomic E-state index is 0.135. The maximum atomic E-state index is 11.9. The minimum Gasteiger partial charge on any atom is -0.356 e. The number of aliphatic imine (C=N–C) groups is 1. The van der Waals surface area contributed by atoms with Crippen molar-refractivity contribution in [2.75, 3.05) is 13.6 Å². The van der Waals surface area contributed by atoms with Gasteiger partial charge in [-0.05, 0) is 12.5 Å². The summed E-state index contributed by atoms with van der Waals surface area (Å²) < 4.78 is 1.45. The summed E-state index contributed by atoms with van der Waals surface area (Å²) in [6.07, 6.45) is 2.48. The van der Waals surface area contributed by atoms with Gasteiger partial charge in [-0.15, -0.1) is 0 Å². The summed E-state index contributed by atoms with van der Waals surface area (Å²) in [4.78, 5) is 15.8. The Balaban J connectivity index is 1.98. The zero-order valence-electron chi connectivity index (χ0n) is 12.9. The van der Waals surface area contributed by atoms with E-state index in [-0.39, 0.29) is 5.56 Å². The summed E-state index contributed by atoms with van der Waals surface area (Å²) in [5.41, 5.74) is 1.60. The maximum absolute atomic E-state index is 11.9. The van der Waals surface area contributed by atoms with Gasteiger partial charge in [0.2, 0.25) is 5.96 Å². The summed E-state index contributed by atoms with van der Waals surface area (Å²) in [6.45, 7) is 1.06. The molecule has 2 rings (SSSR count). The molecule has 0 aliphatic carbocycles. The first-order valence-corrected chi connectivity index (χ1v) is 7.24. The van der Waals surface area contributed by atoms with Gasteiger partial charge >= 0.3 is 0 Å². The average molecular weight is 310 g/mol. The van der Waals surface area contributed by atoms with E-state index < -0.39 is 0 Å². The molecule has 7 heteroatoms.